The van der Waals surface area contributed by atoms with Crippen molar-refractivity contribution in [2.24, 2.45) is 22.1 Å². The van der Waals surface area contributed by atoms with E-state index in [1.807, 2.05) is 31.2 Å². The Labute approximate surface area is 231 Å². The standard InChI is InChI=1S/C30H41ClN4O3/c1-20(2)15-30(18-38-19-30)17-34-26-14-21(4-3-5-24-11-13-27(36)35-24)8-12-25(26)28(32)29(37)33-16-22-6-9-23(31)10-7-22/h6-7,9-10,21,24H,1,3-5,8,11-19,32H2,2H3,(H,33,37)(H,35,36)/t21?,24-/m0/s1. The third kappa shape index (κ3) is 7.70. The topological polar surface area (TPSA) is 106 Å². The maximum Gasteiger partial charge on any atom is 0.267 e. The number of ether oxygens (including phenoxy) is 1. The number of amides is 2. The number of nitrogens with one attached hydrogen (secondary N) is 2. The van der Waals surface area contributed by atoms with E-state index in [-0.39, 0.29) is 22.9 Å². The lowest BCUT2D eigenvalue weighted by molar-refractivity contribution is -0.119. The first-order valence-electron chi connectivity index (χ1n) is 13.8. The third-order valence-corrected chi connectivity index (χ3v) is 8.17. The zero-order chi connectivity index (χ0) is 27.1. The van der Waals surface area contributed by atoms with Crippen molar-refractivity contribution in [3.63, 3.8) is 0 Å². The SMILES string of the molecule is C=C(C)CC1(CN=C2CC(CCC[C@H]3CCC(=O)N3)CCC2=C(N)C(=O)NCc2ccc(Cl)cc2)COC1. The Hall–Kier alpha value is -2.64. The minimum Gasteiger partial charge on any atom is -0.394 e. The highest BCUT2D eigenvalue weighted by atomic mass is 35.5. The van der Waals surface area contributed by atoms with Gasteiger partial charge in [0.2, 0.25) is 5.91 Å². The van der Waals surface area contributed by atoms with Gasteiger partial charge in [-0.05, 0) is 75.5 Å². The van der Waals surface area contributed by atoms with Gasteiger partial charge in [-0.25, -0.2) is 0 Å². The van der Waals surface area contributed by atoms with Crippen molar-refractivity contribution in [3.05, 3.63) is 58.3 Å². The summed E-state index contributed by atoms with van der Waals surface area (Å²) in [6.07, 6.45) is 8.20. The Bertz CT molecular complexity index is 1090. The summed E-state index contributed by atoms with van der Waals surface area (Å²) >= 11 is 5.97. The molecule has 4 N–H and O–H groups in total. The molecule has 0 bridgehead atoms. The van der Waals surface area contributed by atoms with Gasteiger partial charge in [-0.15, -0.1) is 6.58 Å². The lowest BCUT2D eigenvalue weighted by Gasteiger charge is -2.41. The van der Waals surface area contributed by atoms with Crippen molar-refractivity contribution >= 4 is 29.1 Å². The molecule has 0 aromatic heterocycles. The first-order valence-corrected chi connectivity index (χ1v) is 14.2. The molecule has 1 aromatic rings. The molecule has 4 rings (SSSR count). The first-order chi connectivity index (χ1) is 18.2. The molecule has 1 aliphatic carbocycles. The van der Waals surface area contributed by atoms with E-state index >= 15 is 0 Å². The number of benzene rings is 1. The van der Waals surface area contributed by atoms with Gasteiger partial charge in [0.05, 0.1) is 13.2 Å². The molecule has 1 aromatic carbocycles. The molecule has 2 heterocycles. The van der Waals surface area contributed by atoms with E-state index in [1.165, 1.54) is 0 Å². The van der Waals surface area contributed by atoms with E-state index in [0.29, 0.717) is 49.7 Å². The number of hydrogen-bond donors (Lipinski definition) is 3. The van der Waals surface area contributed by atoms with E-state index in [1.54, 1.807) is 0 Å². The molecule has 3 aliphatic rings. The normalized spacial score (nSPS) is 25.0. The van der Waals surface area contributed by atoms with Gasteiger partial charge in [0.1, 0.15) is 5.70 Å². The number of allylic oxidation sites excluding steroid dienone is 2. The fourth-order valence-electron chi connectivity index (χ4n) is 5.79. The lowest BCUT2D eigenvalue weighted by Crippen LogP contribution is -2.45. The van der Waals surface area contributed by atoms with Gasteiger partial charge in [0.25, 0.3) is 5.91 Å². The second kappa shape index (κ2) is 12.9. The molecule has 0 radical (unpaired) electrons. The zero-order valence-corrected chi connectivity index (χ0v) is 23.2. The number of nitrogens with zero attached hydrogens (tertiary/aromatic N) is 1. The predicted octanol–water partition coefficient (Wildman–Crippen LogP) is 4.84. The highest BCUT2D eigenvalue weighted by Gasteiger charge is 2.39. The van der Waals surface area contributed by atoms with Crippen molar-refractivity contribution in [2.75, 3.05) is 19.8 Å². The highest BCUT2D eigenvalue weighted by Crippen LogP contribution is 2.36. The van der Waals surface area contributed by atoms with E-state index in [9.17, 15) is 9.59 Å². The summed E-state index contributed by atoms with van der Waals surface area (Å²) in [4.78, 5) is 29.6. The smallest absolute Gasteiger partial charge is 0.267 e. The van der Waals surface area contributed by atoms with Crippen molar-refractivity contribution in [2.45, 2.75) is 77.3 Å². The fraction of sp³-hybridized carbons (Fsp3) is 0.567. The van der Waals surface area contributed by atoms with Gasteiger partial charge in [0.15, 0.2) is 0 Å². The van der Waals surface area contributed by atoms with E-state index in [2.05, 4.69) is 17.2 Å². The average Bonchev–Trinajstić information content (AvgIpc) is 3.29. The molecule has 38 heavy (non-hydrogen) atoms. The second-order valence-corrected chi connectivity index (χ2v) is 11.9. The quantitative estimate of drug-likeness (QED) is 0.276. The van der Waals surface area contributed by atoms with Crippen LogP contribution in [-0.2, 0) is 20.9 Å². The van der Waals surface area contributed by atoms with Crippen LogP contribution in [0.4, 0.5) is 0 Å². The molecular weight excluding hydrogens is 500 g/mol. The Balaban J connectivity index is 1.43. The molecule has 3 fully saturated rings. The van der Waals surface area contributed by atoms with Crippen LogP contribution < -0.4 is 16.4 Å². The number of carbonyl (C=O) groups is 2. The van der Waals surface area contributed by atoms with Crippen molar-refractivity contribution in [1.82, 2.24) is 10.6 Å². The summed E-state index contributed by atoms with van der Waals surface area (Å²) in [5.41, 5.74) is 10.7. The summed E-state index contributed by atoms with van der Waals surface area (Å²) in [5, 5.41) is 6.68. The largest absolute Gasteiger partial charge is 0.394 e. The average molecular weight is 541 g/mol. The van der Waals surface area contributed by atoms with Crippen molar-refractivity contribution in [1.29, 1.82) is 0 Å². The Morgan fingerprint density at radius 3 is 2.63 bits per heavy atom. The Kier molecular flexibility index (Phi) is 9.66. The van der Waals surface area contributed by atoms with Crippen molar-refractivity contribution < 1.29 is 14.3 Å². The summed E-state index contributed by atoms with van der Waals surface area (Å²) in [6.45, 7) is 8.55. The number of carbonyl (C=O) groups excluding carboxylic acids is 2. The third-order valence-electron chi connectivity index (χ3n) is 7.92. The van der Waals surface area contributed by atoms with Crippen molar-refractivity contribution in [3.8, 4) is 0 Å². The van der Waals surface area contributed by atoms with Crippen LogP contribution in [-0.4, -0.2) is 43.3 Å². The predicted molar refractivity (Wildman–Crippen MR) is 152 cm³/mol. The Morgan fingerprint density at radius 1 is 1.24 bits per heavy atom. The Morgan fingerprint density at radius 2 is 2.00 bits per heavy atom. The maximum absolute atomic E-state index is 13.0. The number of aliphatic imine (C=N–C) groups is 1. The van der Waals surface area contributed by atoms with Gasteiger partial charge < -0.3 is 21.1 Å². The van der Waals surface area contributed by atoms with Gasteiger partial charge in [-0.3, -0.25) is 14.6 Å². The number of halogens is 1. The molecule has 2 atom stereocenters. The van der Waals surface area contributed by atoms with Crippen LogP contribution >= 0.6 is 11.6 Å². The summed E-state index contributed by atoms with van der Waals surface area (Å²) < 4.78 is 5.55. The fourth-order valence-corrected chi connectivity index (χ4v) is 5.92. The molecule has 0 spiro atoms. The molecule has 1 saturated carbocycles. The molecule has 2 amide bonds. The molecule has 206 valence electrons. The minimum absolute atomic E-state index is 0.0107. The first kappa shape index (κ1) is 28.4. The maximum atomic E-state index is 13.0. The second-order valence-electron chi connectivity index (χ2n) is 11.4. The van der Waals surface area contributed by atoms with Crippen LogP contribution in [0.2, 0.25) is 5.02 Å². The molecule has 1 unspecified atom stereocenters. The lowest BCUT2D eigenvalue weighted by atomic mass is 9.78. The minimum atomic E-state index is -0.262. The summed E-state index contributed by atoms with van der Waals surface area (Å²) in [6, 6.07) is 7.71. The van der Waals surface area contributed by atoms with Gasteiger partial charge in [-0.1, -0.05) is 35.7 Å². The number of nitrogens with two attached hydrogens (primary N) is 1. The van der Waals surface area contributed by atoms with Crippen LogP contribution in [0.5, 0.6) is 0 Å². The molecule has 7 nitrogen and oxygen atoms in total. The zero-order valence-electron chi connectivity index (χ0n) is 22.5. The van der Waals surface area contributed by atoms with E-state index < -0.39 is 0 Å². The monoisotopic (exact) mass is 540 g/mol. The number of rotatable bonds is 11. The van der Waals surface area contributed by atoms with Gasteiger partial charge in [-0.2, -0.15) is 0 Å². The van der Waals surface area contributed by atoms with Crippen LogP contribution in [0.3, 0.4) is 0 Å². The van der Waals surface area contributed by atoms with Gasteiger partial charge >= 0.3 is 0 Å². The molecule has 8 heteroatoms. The summed E-state index contributed by atoms with van der Waals surface area (Å²) in [5.74, 6) is 0.404. The number of hydrogen-bond acceptors (Lipinski definition) is 5. The van der Waals surface area contributed by atoms with E-state index in [0.717, 1.165) is 73.8 Å². The highest BCUT2D eigenvalue weighted by molar-refractivity contribution is 6.30. The van der Waals surface area contributed by atoms with Crippen LogP contribution in [0.15, 0.2) is 52.7 Å². The van der Waals surface area contributed by atoms with Gasteiger partial charge in [0, 0.05) is 47.3 Å². The summed E-state index contributed by atoms with van der Waals surface area (Å²) in [7, 11) is 0. The van der Waals surface area contributed by atoms with E-state index in [4.69, 9.17) is 27.1 Å². The van der Waals surface area contributed by atoms with Crippen LogP contribution in [0, 0.1) is 11.3 Å². The van der Waals surface area contributed by atoms with Crippen LogP contribution in [0.25, 0.3) is 0 Å². The van der Waals surface area contributed by atoms with Crippen LogP contribution in [0.1, 0.15) is 70.3 Å². The molecular formula is C30H41ClN4O3. The molecule has 2 saturated heterocycles. The molecule has 2 aliphatic heterocycles.